The normalized spacial score (nSPS) is 22.5. The summed E-state index contributed by atoms with van der Waals surface area (Å²) in [5.41, 5.74) is 0. The van der Waals surface area contributed by atoms with Crippen LogP contribution in [0.1, 0.15) is 71.1 Å². The van der Waals surface area contributed by atoms with E-state index in [-0.39, 0.29) is 0 Å². The maximum absolute atomic E-state index is 11.6. The predicted molar refractivity (Wildman–Crippen MR) is 91.4 cm³/mol. The lowest BCUT2D eigenvalue weighted by Crippen LogP contribution is -2.26. The van der Waals surface area contributed by atoms with Gasteiger partial charge in [0.25, 0.3) is 0 Å². The van der Waals surface area contributed by atoms with Crippen LogP contribution in [0.4, 0.5) is 0 Å². The van der Waals surface area contributed by atoms with Gasteiger partial charge in [0, 0.05) is 0 Å². The molecular weight excluding hydrogens is 282 g/mol. The summed E-state index contributed by atoms with van der Waals surface area (Å²) in [6.07, 6.45) is 12.8. The number of hydrogen-bond acceptors (Lipinski definition) is 3. The molecule has 0 aliphatic carbocycles. The average molecular weight is 318 g/mol. The Hall–Kier alpha value is -0.0900. The Morgan fingerprint density at radius 3 is 2.19 bits per heavy atom. The third-order valence-corrected chi connectivity index (χ3v) is 6.62. The van der Waals surface area contributed by atoms with E-state index < -0.39 is 9.84 Å². The van der Waals surface area contributed by atoms with Crippen molar-refractivity contribution in [1.29, 1.82) is 0 Å². The number of nitrogens with one attached hydrogen (secondary N) is 1. The molecule has 2 unspecified atom stereocenters. The van der Waals surface area contributed by atoms with Gasteiger partial charge in [-0.05, 0) is 38.3 Å². The van der Waals surface area contributed by atoms with Crippen LogP contribution in [-0.4, -0.2) is 33.5 Å². The second-order valence-corrected chi connectivity index (χ2v) is 8.97. The van der Waals surface area contributed by atoms with Crippen LogP contribution in [0.2, 0.25) is 0 Å². The molecule has 1 saturated heterocycles. The molecule has 3 nitrogen and oxygen atoms in total. The quantitative estimate of drug-likeness (QED) is 0.557. The van der Waals surface area contributed by atoms with Gasteiger partial charge >= 0.3 is 0 Å². The molecule has 1 aliphatic rings. The van der Waals surface area contributed by atoms with Gasteiger partial charge in [0.2, 0.25) is 0 Å². The Morgan fingerprint density at radius 2 is 1.67 bits per heavy atom. The first kappa shape index (κ1) is 19.0. The van der Waals surface area contributed by atoms with E-state index in [9.17, 15) is 8.42 Å². The largest absolute Gasteiger partial charge is 0.319 e. The molecule has 0 spiro atoms. The molecular formula is C17H35NO2S. The summed E-state index contributed by atoms with van der Waals surface area (Å²) in [4.78, 5) is 0. The fourth-order valence-corrected chi connectivity index (χ4v) is 5.42. The first-order valence-electron chi connectivity index (χ1n) is 8.94. The molecule has 126 valence electrons. The molecule has 1 aliphatic heterocycles. The molecule has 0 aromatic carbocycles. The fourth-order valence-electron chi connectivity index (χ4n) is 3.50. The Bertz CT molecular complexity index is 354. The van der Waals surface area contributed by atoms with E-state index in [0.717, 1.165) is 13.0 Å². The molecule has 1 N–H and O–H groups in total. The Balaban J connectivity index is 2.14. The summed E-state index contributed by atoms with van der Waals surface area (Å²) in [6.45, 7) is 3.22. The average Bonchev–Trinajstić information content (AvgIpc) is 2.81. The van der Waals surface area contributed by atoms with Crippen molar-refractivity contribution in [3.63, 3.8) is 0 Å². The van der Waals surface area contributed by atoms with Gasteiger partial charge in [-0.3, -0.25) is 0 Å². The Kier molecular flexibility index (Phi) is 9.57. The molecule has 1 fully saturated rings. The summed E-state index contributed by atoms with van der Waals surface area (Å²) >= 11 is 0. The van der Waals surface area contributed by atoms with Crippen molar-refractivity contribution in [3.8, 4) is 0 Å². The van der Waals surface area contributed by atoms with Gasteiger partial charge in [-0.25, -0.2) is 8.42 Å². The van der Waals surface area contributed by atoms with Crippen molar-refractivity contribution in [1.82, 2.24) is 5.32 Å². The van der Waals surface area contributed by atoms with Gasteiger partial charge in [-0.2, -0.15) is 0 Å². The highest BCUT2D eigenvalue weighted by Crippen LogP contribution is 2.29. The van der Waals surface area contributed by atoms with Crippen LogP contribution in [-0.2, 0) is 9.84 Å². The van der Waals surface area contributed by atoms with Crippen LogP contribution >= 0.6 is 0 Å². The fraction of sp³-hybridized carbons (Fsp3) is 1.00. The number of unbranched alkanes of at least 4 members (excludes halogenated alkanes) is 7. The topological polar surface area (TPSA) is 46.2 Å². The lowest BCUT2D eigenvalue weighted by Gasteiger charge is -2.22. The molecule has 0 aromatic rings. The molecule has 2 atom stereocenters. The van der Waals surface area contributed by atoms with Gasteiger partial charge in [0.15, 0.2) is 9.84 Å². The third-order valence-electron chi connectivity index (χ3n) is 4.83. The van der Waals surface area contributed by atoms with Gasteiger partial charge in [-0.15, -0.1) is 0 Å². The van der Waals surface area contributed by atoms with Crippen LogP contribution in [0, 0.1) is 11.8 Å². The Morgan fingerprint density at radius 1 is 1.05 bits per heavy atom. The minimum Gasteiger partial charge on any atom is -0.319 e. The lowest BCUT2D eigenvalue weighted by atomic mass is 9.87. The second-order valence-electron chi connectivity index (χ2n) is 6.74. The van der Waals surface area contributed by atoms with Crippen LogP contribution in [0.25, 0.3) is 0 Å². The molecule has 1 rings (SSSR count). The minimum atomic E-state index is -2.73. The molecule has 0 radical (unpaired) electrons. The van der Waals surface area contributed by atoms with Gasteiger partial charge < -0.3 is 5.32 Å². The van der Waals surface area contributed by atoms with Crippen LogP contribution in [0.3, 0.4) is 0 Å². The minimum absolute atomic E-state index is 0.395. The van der Waals surface area contributed by atoms with Crippen LogP contribution < -0.4 is 5.32 Å². The first-order chi connectivity index (χ1) is 10.1. The number of rotatable bonds is 12. The molecule has 1 heterocycles. The molecule has 21 heavy (non-hydrogen) atoms. The maximum atomic E-state index is 11.6. The van der Waals surface area contributed by atoms with Crippen LogP contribution in [0.5, 0.6) is 0 Å². The maximum Gasteiger partial charge on any atom is 0.150 e. The number of hydrogen-bond donors (Lipinski definition) is 1. The highest BCUT2D eigenvalue weighted by Gasteiger charge is 2.32. The third kappa shape index (κ3) is 8.20. The van der Waals surface area contributed by atoms with E-state index >= 15 is 0 Å². The van der Waals surface area contributed by atoms with Crippen molar-refractivity contribution in [2.75, 3.05) is 25.1 Å². The standard InChI is InChI=1S/C17H35NO2S/c1-3-4-5-6-7-8-9-10-11-16(14-18-2)17-12-13-21(19,20)15-17/h16-18H,3-15H2,1-2H3. The lowest BCUT2D eigenvalue weighted by molar-refractivity contribution is 0.321. The predicted octanol–water partition coefficient (Wildman–Crippen LogP) is 3.79. The van der Waals surface area contributed by atoms with Gasteiger partial charge in [0.1, 0.15) is 0 Å². The van der Waals surface area contributed by atoms with Crippen molar-refractivity contribution >= 4 is 9.84 Å². The van der Waals surface area contributed by atoms with Crippen LogP contribution in [0.15, 0.2) is 0 Å². The SMILES string of the molecule is CCCCCCCCCCC(CNC)C1CCS(=O)(=O)C1. The van der Waals surface area contributed by atoms with Crippen molar-refractivity contribution < 1.29 is 8.42 Å². The smallest absolute Gasteiger partial charge is 0.150 e. The molecule has 0 bridgehead atoms. The highest BCUT2D eigenvalue weighted by atomic mass is 32.2. The van der Waals surface area contributed by atoms with E-state index in [1.807, 2.05) is 7.05 Å². The van der Waals surface area contributed by atoms with E-state index in [0.29, 0.717) is 23.3 Å². The summed E-state index contributed by atoms with van der Waals surface area (Å²) in [7, 11) is -0.758. The summed E-state index contributed by atoms with van der Waals surface area (Å²) in [5.74, 6) is 1.78. The molecule has 0 saturated carbocycles. The Labute approximate surface area is 132 Å². The zero-order valence-corrected chi connectivity index (χ0v) is 14.9. The summed E-state index contributed by atoms with van der Waals surface area (Å²) in [6, 6.07) is 0. The highest BCUT2D eigenvalue weighted by molar-refractivity contribution is 7.91. The number of sulfone groups is 1. The van der Waals surface area contributed by atoms with E-state index in [4.69, 9.17) is 0 Å². The molecule has 4 heteroatoms. The summed E-state index contributed by atoms with van der Waals surface area (Å²) in [5, 5.41) is 3.25. The summed E-state index contributed by atoms with van der Waals surface area (Å²) < 4.78 is 23.3. The monoisotopic (exact) mass is 317 g/mol. The molecule has 0 amide bonds. The van der Waals surface area contributed by atoms with Crippen molar-refractivity contribution in [2.24, 2.45) is 11.8 Å². The van der Waals surface area contributed by atoms with Crippen molar-refractivity contribution in [2.45, 2.75) is 71.1 Å². The first-order valence-corrected chi connectivity index (χ1v) is 10.8. The van der Waals surface area contributed by atoms with E-state index in [1.165, 1.54) is 57.8 Å². The van der Waals surface area contributed by atoms with Gasteiger partial charge in [0.05, 0.1) is 11.5 Å². The second kappa shape index (κ2) is 10.6. The zero-order chi connectivity index (χ0) is 15.6. The van der Waals surface area contributed by atoms with E-state index in [1.54, 1.807) is 0 Å². The zero-order valence-electron chi connectivity index (χ0n) is 14.1. The van der Waals surface area contributed by atoms with Gasteiger partial charge in [-0.1, -0.05) is 58.3 Å². The van der Waals surface area contributed by atoms with E-state index in [2.05, 4.69) is 12.2 Å². The molecule has 0 aromatic heterocycles. The van der Waals surface area contributed by atoms with Crippen molar-refractivity contribution in [3.05, 3.63) is 0 Å².